The maximum absolute atomic E-state index is 4.32. The van der Waals surface area contributed by atoms with E-state index in [0.717, 1.165) is 13.5 Å². The molecule has 98 valence electrons. The van der Waals surface area contributed by atoms with Gasteiger partial charge < -0.3 is 0 Å². The minimum atomic E-state index is 0.300. The Morgan fingerprint density at radius 2 is 1.06 bits per heavy atom. The third kappa shape index (κ3) is 13.5. The Morgan fingerprint density at radius 3 is 1.50 bits per heavy atom. The average Bonchev–Trinajstić information content (AvgIpc) is 2.31. The largest absolute Gasteiger partial charge is 0.207 e. The molecule has 0 aliphatic heterocycles. The molecule has 0 aromatic heterocycles. The molecule has 0 radical (unpaired) electrons. The highest BCUT2D eigenvalue weighted by Gasteiger charge is 1.96. The van der Waals surface area contributed by atoms with Crippen molar-refractivity contribution in [2.45, 2.75) is 13.3 Å². The topological polar surface area (TPSA) is 111 Å². The van der Waals surface area contributed by atoms with Crippen molar-refractivity contribution in [2.75, 3.05) is 13.7 Å². The number of hydrogen-bond donors (Lipinski definition) is 0. The Bertz CT molecular complexity index is 106. The van der Waals surface area contributed by atoms with Gasteiger partial charge in [0.25, 0.3) is 0 Å². The molecule has 0 fully saturated rings. The van der Waals surface area contributed by atoms with E-state index in [1.54, 1.807) is 0 Å². The third-order valence-electron chi connectivity index (χ3n) is 0.654. The van der Waals surface area contributed by atoms with Crippen LogP contribution in [0.25, 0.3) is 0 Å². The van der Waals surface area contributed by atoms with Gasteiger partial charge in [0.1, 0.15) is 0 Å². The molecule has 16 heavy (non-hydrogen) atoms. The van der Waals surface area contributed by atoms with Gasteiger partial charge in [-0.25, -0.2) is 9.78 Å². The molecule has 0 atom stereocenters. The summed E-state index contributed by atoms with van der Waals surface area (Å²) >= 11 is 0. The minimum absolute atomic E-state index is 0.300. The summed E-state index contributed by atoms with van der Waals surface area (Å²) in [5.74, 6) is 0. The average molecular weight is 250 g/mol. The van der Waals surface area contributed by atoms with Crippen LogP contribution in [-0.4, -0.2) is 13.7 Å². The van der Waals surface area contributed by atoms with Crippen LogP contribution in [0.15, 0.2) is 0 Å². The molecule has 0 saturated carbocycles. The van der Waals surface area contributed by atoms with Crippen molar-refractivity contribution in [1.82, 2.24) is 0 Å². The smallest absolute Gasteiger partial charge is 0.0852 e. The molecule has 12 nitrogen and oxygen atoms in total. The lowest BCUT2D eigenvalue weighted by Gasteiger charge is -1.99. The van der Waals surface area contributed by atoms with E-state index in [4.69, 9.17) is 0 Å². The van der Waals surface area contributed by atoms with E-state index >= 15 is 0 Å². The van der Waals surface area contributed by atoms with Crippen LogP contribution in [0.2, 0.25) is 0 Å². The molecule has 0 aliphatic carbocycles. The molecule has 0 heterocycles. The van der Waals surface area contributed by atoms with Crippen LogP contribution in [0.3, 0.4) is 0 Å². The zero-order chi connectivity index (χ0) is 11.9. The third-order valence-corrected chi connectivity index (χ3v) is 0.654. The van der Waals surface area contributed by atoms with Crippen LogP contribution in [0, 0.1) is 0 Å². The first-order valence-corrected chi connectivity index (χ1v) is 3.74. The van der Waals surface area contributed by atoms with Crippen LogP contribution < -0.4 is 0 Å². The monoisotopic (exact) mass is 250 g/mol. The molecule has 0 amide bonds. The van der Waals surface area contributed by atoms with Crippen molar-refractivity contribution in [3.8, 4) is 0 Å². The van der Waals surface area contributed by atoms with Crippen molar-refractivity contribution >= 4 is 0 Å². The molecule has 0 saturated heterocycles. The fraction of sp³-hybridized carbons (Fsp3) is 1.00. The zero-order valence-electron chi connectivity index (χ0n) is 8.31. The Morgan fingerprint density at radius 1 is 0.625 bits per heavy atom. The molecule has 0 bridgehead atoms. The summed E-state index contributed by atoms with van der Waals surface area (Å²) in [6.45, 7) is 2.15. The molecule has 0 aromatic rings. The van der Waals surface area contributed by atoms with E-state index < -0.39 is 0 Å². The van der Waals surface area contributed by atoms with E-state index in [0.29, 0.717) is 6.61 Å². The second kappa shape index (κ2) is 14.5. The fourth-order valence-corrected chi connectivity index (χ4v) is 0.255. The Kier molecular flexibility index (Phi) is 14.1. The molecular weight excluding hydrogens is 240 g/mol. The van der Waals surface area contributed by atoms with Gasteiger partial charge in [-0.15, -0.1) is 0 Å². The van der Waals surface area contributed by atoms with Crippen molar-refractivity contribution in [2.24, 2.45) is 0 Å². The minimum Gasteiger partial charge on any atom is -0.207 e. The summed E-state index contributed by atoms with van der Waals surface area (Å²) in [6.07, 6.45) is 0.721. The van der Waals surface area contributed by atoms with Gasteiger partial charge in [-0.1, -0.05) is 6.92 Å². The van der Waals surface area contributed by atoms with Crippen LogP contribution in [-0.2, 0) is 60.2 Å². The summed E-state index contributed by atoms with van der Waals surface area (Å²) in [5, 5.41) is 36.8. The van der Waals surface area contributed by atoms with Gasteiger partial charge in [0, 0.05) is 0 Å². The van der Waals surface area contributed by atoms with Gasteiger partial charge >= 0.3 is 0 Å². The highest BCUT2D eigenvalue weighted by Crippen LogP contribution is 1.91. The summed E-state index contributed by atoms with van der Waals surface area (Å²) in [5.41, 5.74) is 0. The highest BCUT2D eigenvalue weighted by atomic mass is 18.0. The molecule has 0 unspecified atom stereocenters. The lowest BCUT2D eigenvalue weighted by Crippen LogP contribution is -2.04. The second-order valence-corrected chi connectivity index (χ2v) is 1.67. The second-order valence-electron chi connectivity index (χ2n) is 1.67. The maximum Gasteiger partial charge on any atom is 0.0852 e. The van der Waals surface area contributed by atoms with E-state index in [1.165, 1.54) is 0 Å². The molecule has 0 rings (SSSR count). The number of rotatable bonds is 13. The van der Waals surface area contributed by atoms with Gasteiger partial charge in [-0.2, -0.15) is 0 Å². The lowest BCUT2D eigenvalue weighted by atomic mass is 10.5. The predicted octanol–water partition coefficient (Wildman–Crippen LogP) is 0.290. The molecular formula is C4H10O12. The molecule has 0 aromatic carbocycles. The van der Waals surface area contributed by atoms with E-state index in [-0.39, 0.29) is 0 Å². The van der Waals surface area contributed by atoms with Crippen molar-refractivity contribution < 1.29 is 60.2 Å². The maximum atomic E-state index is 4.32. The van der Waals surface area contributed by atoms with E-state index in [9.17, 15) is 0 Å². The van der Waals surface area contributed by atoms with Crippen molar-refractivity contribution in [3.63, 3.8) is 0 Å². The summed E-state index contributed by atoms with van der Waals surface area (Å²) in [7, 11) is 1.15. The van der Waals surface area contributed by atoms with Crippen LogP contribution in [0.1, 0.15) is 13.3 Å². The molecule has 12 heteroatoms. The van der Waals surface area contributed by atoms with Crippen molar-refractivity contribution in [3.05, 3.63) is 0 Å². The summed E-state index contributed by atoms with van der Waals surface area (Å²) in [6, 6.07) is 0. The van der Waals surface area contributed by atoms with Gasteiger partial charge in [-0.05, 0) is 56.8 Å². The first-order chi connectivity index (χ1) is 7.91. The van der Waals surface area contributed by atoms with Crippen molar-refractivity contribution in [1.29, 1.82) is 0 Å². The normalized spacial score (nSPS) is 10.9. The number of hydrogen-bond acceptors (Lipinski definition) is 12. The predicted molar refractivity (Wildman–Crippen MR) is 34.1 cm³/mol. The van der Waals surface area contributed by atoms with Gasteiger partial charge in [-0.3, -0.25) is 0 Å². The van der Waals surface area contributed by atoms with E-state index in [2.05, 4.69) is 60.2 Å². The zero-order valence-corrected chi connectivity index (χ0v) is 8.31. The quantitative estimate of drug-likeness (QED) is 0.254. The van der Waals surface area contributed by atoms with Crippen LogP contribution in [0.4, 0.5) is 0 Å². The SMILES string of the molecule is CCCOOOOOOOOOOOOC. The van der Waals surface area contributed by atoms with Gasteiger partial charge in [0.2, 0.25) is 0 Å². The van der Waals surface area contributed by atoms with Crippen LogP contribution >= 0.6 is 0 Å². The van der Waals surface area contributed by atoms with E-state index in [1.807, 2.05) is 6.92 Å². The summed E-state index contributed by atoms with van der Waals surface area (Å²) in [4.78, 5) is 8.23. The van der Waals surface area contributed by atoms with Crippen LogP contribution in [0.5, 0.6) is 0 Å². The first kappa shape index (κ1) is 15.5. The first-order valence-electron chi connectivity index (χ1n) is 3.74. The molecule has 0 aliphatic rings. The Labute approximate surface area is 88.4 Å². The van der Waals surface area contributed by atoms with Gasteiger partial charge in [0.15, 0.2) is 0 Å². The Hall–Kier alpha value is -0.480. The highest BCUT2D eigenvalue weighted by molar-refractivity contribution is 4.13. The summed E-state index contributed by atoms with van der Waals surface area (Å²) < 4.78 is 0. The molecule has 0 N–H and O–H groups in total. The van der Waals surface area contributed by atoms with Gasteiger partial charge in [0.05, 0.1) is 13.7 Å². The fourth-order valence-electron chi connectivity index (χ4n) is 0.255. The Balaban J connectivity index is 2.83. The standard InChI is InChI=1S/C4H10O12/c1-3-4-6-8-10-12-14-16-15-13-11-9-7-5-2/h3-4H2,1-2H3. The lowest BCUT2D eigenvalue weighted by molar-refractivity contribution is -0.862. The molecule has 0 spiro atoms.